The van der Waals surface area contributed by atoms with Crippen molar-refractivity contribution in [3.63, 3.8) is 0 Å². The van der Waals surface area contributed by atoms with Gasteiger partial charge in [-0.05, 0) is 42.5 Å². The summed E-state index contributed by atoms with van der Waals surface area (Å²) in [6, 6.07) is 12.8. The largest absolute Gasteiger partial charge is 0.336 e. The molecule has 1 N–H and O–H groups in total. The van der Waals surface area contributed by atoms with E-state index in [1.807, 2.05) is 12.1 Å². The SMILES string of the molecule is CN(CC(=O)Nc1cccc(F)c1)C(=O)CSc1ccc(Cl)cc1. The smallest absolute Gasteiger partial charge is 0.243 e. The Balaban J connectivity index is 1.80. The van der Waals surface area contributed by atoms with Gasteiger partial charge in [0.1, 0.15) is 5.82 Å². The standard InChI is InChI=1S/C17H16ClFN2O2S/c1-21(10-16(22)20-14-4-2-3-13(19)9-14)17(23)11-24-15-7-5-12(18)6-8-15/h2-9H,10-11H2,1H3,(H,20,22). The van der Waals surface area contributed by atoms with Crippen LogP contribution in [0.4, 0.5) is 10.1 Å². The maximum atomic E-state index is 13.1. The van der Waals surface area contributed by atoms with Gasteiger partial charge in [0.2, 0.25) is 11.8 Å². The number of nitrogens with one attached hydrogen (secondary N) is 1. The molecule has 0 saturated carbocycles. The summed E-state index contributed by atoms with van der Waals surface area (Å²) in [5, 5.41) is 3.19. The van der Waals surface area contributed by atoms with Crippen LogP contribution >= 0.6 is 23.4 Å². The molecule has 7 heteroatoms. The van der Waals surface area contributed by atoms with E-state index in [4.69, 9.17) is 11.6 Å². The normalized spacial score (nSPS) is 10.3. The van der Waals surface area contributed by atoms with E-state index in [0.717, 1.165) is 4.90 Å². The van der Waals surface area contributed by atoms with Crippen molar-refractivity contribution < 1.29 is 14.0 Å². The zero-order chi connectivity index (χ0) is 17.5. The highest BCUT2D eigenvalue weighted by Crippen LogP contribution is 2.20. The number of anilines is 1. The molecular weight excluding hydrogens is 351 g/mol. The maximum Gasteiger partial charge on any atom is 0.243 e. The number of rotatable bonds is 6. The van der Waals surface area contributed by atoms with Gasteiger partial charge >= 0.3 is 0 Å². The van der Waals surface area contributed by atoms with E-state index in [1.165, 1.54) is 34.9 Å². The van der Waals surface area contributed by atoms with E-state index in [-0.39, 0.29) is 24.1 Å². The van der Waals surface area contributed by atoms with Crippen LogP contribution in [0.3, 0.4) is 0 Å². The first-order chi connectivity index (χ1) is 11.4. The van der Waals surface area contributed by atoms with Crippen molar-refractivity contribution in [3.05, 3.63) is 59.4 Å². The molecule has 0 bridgehead atoms. The summed E-state index contributed by atoms with van der Waals surface area (Å²) in [7, 11) is 1.55. The monoisotopic (exact) mass is 366 g/mol. The Morgan fingerprint density at radius 1 is 1.21 bits per heavy atom. The number of amides is 2. The number of hydrogen-bond donors (Lipinski definition) is 1. The fraction of sp³-hybridized carbons (Fsp3) is 0.176. The molecule has 0 fully saturated rings. The van der Waals surface area contributed by atoms with Crippen molar-refractivity contribution in [2.75, 3.05) is 24.7 Å². The highest BCUT2D eigenvalue weighted by molar-refractivity contribution is 8.00. The maximum absolute atomic E-state index is 13.1. The summed E-state index contributed by atoms with van der Waals surface area (Å²) in [6.45, 7) is -0.101. The van der Waals surface area contributed by atoms with E-state index in [2.05, 4.69) is 5.32 Å². The minimum atomic E-state index is -0.434. The lowest BCUT2D eigenvalue weighted by Gasteiger charge is -2.16. The van der Waals surface area contributed by atoms with Crippen molar-refractivity contribution in [2.24, 2.45) is 0 Å². The van der Waals surface area contributed by atoms with Gasteiger partial charge in [-0.3, -0.25) is 9.59 Å². The lowest BCUT2D eigenvalue weighted by Crippen LogP contribution is -2.35. The predicted molar refractivity (Wildman–Crippen MR) is 94.8 cm³/mol. The highest BCUT2D eigenvalue weighted by atomic mass is 35.5. The fourth-order valence-corrected chi connectivity index (χ4v) is 2.82. The van der Waals surface area contributed by atoms with Gasteiger partial charge in [0.15, 0.2) is 0 Å². The molecule has 0 spiro atoms. The van der Waals surface area contributed by atoms with Gasteiger partial charge in [-0.2, -0.15) is 0 Å². The zero-order valence-electron chi connectivity index (χ0n) is 13.0. The van der Waals surface area contributed by atoms with Crippen molar-refractivity contribution in [2.45, 2.75) is 4.90 Å². The van der Waals surface area contributed by atoms with E-state index >= 15 is 0 Å². The summed E-state index contributed by atoms with van der Waals surface area (Å²) < 4.78 is 13.1. The molecule has 2 rings (SSSR count). The molecule has 2 aromatic rings. The lowest BCUT2D eigenvalue weighted by molar-refractivity contribution is -0.131. The van der Waals surface area contributed by atoms with Crippen LogP contribution in [-0.2, 0) is 9.59 Å². The molecule has 0 heterocycles. The number of thioether (sulfide) groups is 1. The Labute approximate surface area is 149 Å². The first-order valence-corrected chi connectivity index (χ1v) is 8.48. The Kier molecular flexibility index (Phi) is 6.63. The van der Waals surface area contributed by atoms with Crippen LogP contribution < -0.4 is 5.32 Å². The van der Waals surface area contributed by atoms with Crippen LogP contribution in [-0.4, -0.2) is 36.1 Å². The highest BCUT2D eigenvalue weighted by Gasteiger charge is 2.13. The molecule has 4 nitrogen and oxygen atoms in total. The van der Waals surface area contributed by atoms with Crippen molar-refractivity contribution >= 4 is 40.9 Å². The van der Waals surface area contributed by atoms with E-state index in [0.29, 0.717) is 10.7 Å². The second kappa shape index (κ2) is 8.70. The second-order valence-electron chi connectivity index (χ2n) is 5.05. The Morgan fingerprint density at radius 3 is 2.58 bits per heavy atom. The van der Waals surface area contributed by atoms with E-state index < -0.39 is 5.82 Å². The molecule has 0 radical (unpaired) electrons. The summed E-state index contributed by atoms with van der Waals surface area (Å²) in [6.07, 6.45) is 0. The molecule has 0 aliphatic rings. The molecule has 24 heavy (non-hydrogen) atoms. The van der Waals surface area contributed by atoms with Gasteiger partial charge in [-0.1, -0.05) is 17.7 Å². The fourth-order valence-electron chi connectivity index (χ4n) is 1.86. The van der Waals surface area contributed by atoms with Gasteiger partial charge in [-0.15, -0.1) is 11.8 Å². The molecule has 0 saturated heterocycles. The summed E-state index contributed by atoms with van der Waals surface area (Å²) in [5.74, 6) is -0.778. The van der Waals surface area contributed by atoms with Gasteiger partial charge in [0.25, 0.3) is 0 Å². The van der Waals surface area contributed by atoms with Crippen LogP contribution in [0.1, 0.15) is 0 Å². The second-order valence-corrected chi connectivity index (χ2v) is 6.54. The third-order valence-corrected chi connectivity index (χ3v) is 4.34. The molecule has 0 aliphatic heterocycles. The molecular formula is C17H16ClFN2O2S. The molecule has 126 valence electrons. The van der Waals surface area contributed by atoms with E-state index in [9.17, 15) is 14.0 Å². The van der Waals surface area contributed by atoms with Crippen molar-refractivity contribution in [1.29, 1.82) is 0 Å². The van der Waals surface area contributed by atoms with Crippen LogP contribution in [0.2, 0.25) is 5.02 Å². The van der Waals surface area contributed by atoms with Gasteiger partial charge in [0, 0.05) is 22.7 Å². The Bertz CT molecular complexity index is 725. The van der Waals surface area contributed by atoms with Crippen LogP contribution in [0.25, 0.3) is 0 Å². The topological polar surface area (TPSA) is 49.4 Å². The van der Waals surface area contributed by atoms with Gasteiger partial charge in [-0.25, -0.2) is 4.39 Å². The molecule has 2 amide bonds. The number of likely N-dealkylation sites (N-methyl/N-ethyl adjacent to an activating group) is 1. The average Bonchev–Trinajstić information content (AvgIpc) is 2.53. The number of hydrogen-bond acceptors (Lipinski definition) is 3. The first kappa shape index (κ1) is 18.3. The molecule has 0 aliphatic carbocycles. The van der Waals surface area contributed by atoms with Crippen molar-refractivity contribution in [3.8, 4) is 0 Å². The minimum Gasteiger partial charge on any atom is -0.336 e. The Hall–Kier alpha value is -2.05. The summed E-state index contributed by atoms with van der Waals surface area (Å²) >= 11 is 7.17. The zero-order valence-corrected chi connectivity index (χ0v) is 14.5. The average molecular weight is 367 g/mol. The van der Waals surface area contributed by atoms with Crippen LogP contribution in [0, 0.1) is 5.82 Å². The molecule has 0 aromatic heterocycles. The number of carbonyl (C=O) groups excluding carboxylic acids is 2. The third kappa shape index (κ3) is 5.86. The lowest BCUT2D eigenvalue weighted by atomic mass is 10.3. The number of benzene rings is 2. The molecule has 0 atom stereocenters. The summed E-state index contributed by atoms with van der Waals surface area (Å²) in [4.78, 5) is 26.2. The molecule has 0 unspecified atom stereocenters. The number of carbonyl (C=O) groups is 2. The summed E-state index contributed by atoms with van der Waals surface area (Å²) in [5.41, 5.74) is 0.358. The van der Waals surface area contributed by atoms with Gasteiger partial charge in [0.05, 0.1) is 12.3 Å². The predicted octanol–water partition coefficient (Wildman–Crippen LogP) is 3.67. The molecule has 2 aromatic carbocycles. The van der Waals surface area contributed by atoms with Crippen LogP contribution in [0.5, 0.6) is 0 Å². The third-order valence-electron chi connectivity index (χ3n) is 3.09. The first-order valence-electron chi connectivity index (χ1n) is 7.12. The Morgan fingerprint density at radius 2 is 1.92 bits per heavy atom. The van der Waals surface area contributed by atoms with Gasteiger partial charge < -0.3 is 10.2 Å². The van der Waals surface area contributed by atoms with Crippen molar-refractivity contribution in [1.82, 2.24) is 4.90 Å². The van der Waals surface area contributed by atoms with Crippen LogP contribution in [0.15, 0.2) is 53.4 Å². The number of halogens is 2. The quantitative estimate of drug-likeness (QED) is 0.793. The minimum absolute atomic E-state index is 0.101. The van der Waals surface area contributed by atoms with E-state index in [1.54, 1.807) is 25.2 Å². The number of nitrogens with zero attached hydrogens (tertiary/aromatic N) is 1.